The molecule has 1 aliphatic heterocycles. The van der Waals surface area contributed by atoms with Crippen LogP contribution in [0, 0.1) is 0 Å². The number of halogens is 1. The zero-order chi connectivity index (χ0) is 15.4. The first-order chi connectivity index (χ1) is 10.1. The number of carbonyl (C=O) groups excluding carboxylic acids is 1. The summed E-state index contributed by atoms with van der Waals surface area (Å²) in [5.74, 6) is 0.831. The number of rotatable bonds is 5. The van der Waals surface area contributed by atoms with Crippen LogP contribution in [0.4, 0.5) is 0 Å². The van der Waals surface area contributed by atoms with Crippen LogP contribution in [0.15, 0.2) is 27.3 Å². The highest BCUT2D eigenvalue weighted by atomic mass is 79.9. The number of oxime groups is 1. The van der Waals surface area contributed by atoms with Gasteiger partial charge in [0.25, 0.3) is 0 Å². The van der Waals surface area contributed by atoms with E-state index in [2.05, 4.69) is 25.9 Å². The fraction of sp³-hybridized carbons (Fsp3) is 0.333. The summed E-state index contributed by atoms with van der Waals surface area (Å²) >= 11 is 3.47. The third-order valence-corrected chi connectivity index (χ3v) is 3.40. The lowest BCUT2D eigenvalue weighted by atomic mass is 10.1. The van der Waals surface area contributed by atoms with E-state index >= 15 is 0 Å². The van der Waals surface area contributed by atoms with E-state index in [1.165, 1.54) is 0 Å². The molecule has 0 bridgehead atoms. The molecule has 0 saturated heterocycles. The number of ether oxygens (including phenoxy) is 2. The fourth-order valence-electron chi connectivity index (χ4n) is 1.90. The van der Waals surface area contributed by atoms with Gasteiger partial charge in [-0.05, 0) is 60.5 Å². The minimum absolute atomic E-state index is 0.438. The first kappa shape index (κ1) is 15.6. The Kier molecular flexibility index (Phi) is 5.01. The molecule has 2 rings (SSSR count). The van der Waals surface area contributed by atoms with E-state index in [0.29, 0.717) is 36.0 Å². The van der Waals surface area contributed by atoms with Crippen molar-refractivity contribution in [2.45, 2.75) is 20.8 Å². The minimum atomic E-state index is -0.449. The molecule has 0 saturated carbocycles. The Labute approximate surface area is 131 Å². The Hall–Kier alpha value is -1.82. The maximum Gasteiger partial charge on any atom is 0.367 e. The van der Waals surface area contributed by atoms with Crippen molar-refractivity contribution in [1.29, 1.82) is 0 Å². The van der Waals surface area contributed by atoms with E-state index in [1.807, 2.05) is 26.0 Å². The van der Waals surface area contributed by atoms with Gasteiger partial charge in [-0.3, -0.25) is 0 Å². The van der Waals surface area contributed by atoms with Crippen molar-refractivity contribution in [3.05, 3.63) is 27.7 Å². The predicted molar refractivity (Wildman–Crippen MR) is 83.7 cm³/mol. The van der Waals surface area contributed by atoms with Gasteiger partial charge in [-0.1, -0.05) is 5.16 Å². The average molecular weight is 354 g/mol. The Morgan fingerprint density at radius 2 is 2.00 bits per heavy atom. The van der Waals surface area contributed by atoms with Crippen LogP contribution < -0.4 is 9.47 Å². The molecule has 21 heavy (non-hydrogen) atoms. The second-order valence-corrected chi connectivity index (χ2v) is 5.16. The number of nitrogens with zero attached hydrogens (tertiary/aromatic N) is 1. The molecule has 1 aromatic carbocycles. The topological polar surface area (TPSA) is 57.1 Å². The van der Waals surface area contributed by atoms with E-state index in [1.54, 1.807) is 13.0 Å². The van der Waals surface area contributed by atoms with Crippen LogP contribution in [-0.4, -0.2) is 24.9 Å². The summed E-state index contributed by atoms with van der Waals surface area (Å²) in [7, 11) is 0. The smallest absolute Gasteiger partial charge is 0.367 e. The second kappa shape index (κ2) is 6.76. The molecule has 0 aliphatic carbocycles. The van der Waals surface area contributed by atoms with Gasteiger partial charge < -0.3 is 14.3 Å². The normalized spacial score (nSPS) is 15.9. The lowest BCUT2D eigenvalue weighted by Crippen LogP contribution is -2.03. The molecule has 1 heterocycles. The Morgan fingerprint density at radius 1 is 1.29 bits per heavy atom. The highest BCUT2D eigenvalue weighted by Gasteiger charge is 2.22. The summed E-state index contributed by atoms with van der Waals surface area (Å²) in [5, 5.41) is 3.65. The highest BCUT2D eigenvalue weighted by molar-refractivity contribution is 9.10. The third-order valence-electron chi connectivity index (χ3n) is 2.81. The van der Waals surface area contributed by atoms with E-state index in [0.717, 1.165) is 10.0 Å². The standard InChI is InChI=1S/C15H16BrNO4/c1-4-19-13-8-10(7-12(16)14(13)20-5-2)6-11-9(3)17-21-15(11)18/h6-8H,4-5H2,1-3H3. The van der Waals surface area contributed by atoms with Crippen LogP contribution in [0.3, 0.4) is 0 Å². The summed E-state index contributed by atoms with van der Waals surface area (Å²) in [6.45, 7) is 6.60. The molecule has 0 spiro atoms. The van der Waals surface area contributed by atoms with Gasteiger partial charge in [-0.2, -0.15) is 0 Å². The zero-order valence-electron chi connectivity index (χ0n) is 12.1. The molecule has 112 valence electrons. The first-order valence-corrected chi connectivity index (χ1v) is 7.43. The lowest BCUT2D eigenvalue weighted by Gasteiger charge is -2.13. The van der Waals surface area contributed by atoms with Gasteiger partial charge in [0.1, 0.15) is 0 Å². The predicted octanol–water partition coefficient (Wildman–Crippen LogP) is 3.56. The largest absolute Gasteiger partial charge is 0.490 e. The number of benzene rings is 1. The van der Waals surface area contributed by atoms with Crippen molar-refractivity contribution in [3.63, 3.8) is 0 Å². The summed E-state index contributed by atoms with van der Waals surface area (Å²) in [6, 6.07) is 3.69. The molecular formula is C15H16BrNO4. The van der Waals surface area contributed by atoms with Gasteiger partial charge in [0.2, 0.25) is 0 Å². The SMILES string of the molecule is CCOc1cc(C=C2C(=O)ON=C2C)cc(Br)c1OCC. The van der Waals surface area contributed by atoms with Gasteiger partial charge >= 0.3 is 5.97 Å². The molecule has 0 radical (unpaired) electrons. The summed E-state index contributed by atoms with van der Waals surface area (Å²) < 4.78 is 11.9. The minimum Gasteiger partial charge on any atom is -0.490 e. The molecule has 0 fully saturated rings. The van der Waals surface area contributed by atoms with Crippen molar-refractivity contribution in [2.75, 3.05) is 13.2 Å². The number of hydrogen-bond acceptors (Lipinski definition) is 5. The molecule has 1 aliphatic rings. The quantitative estimate of drug-likeness (QED) is 0.599. The molecular weight excluding hydrogens is 338 g/mol. The Balaban J connectivity index is 2.44. The van der Waals surface area contributed by atoms with Crippen molar-refractivity contribution in [3.8, 4) is 11.5 Å². The highest BCUT2D eigenvalue weighted by Crippen LogP contribution is 2.37. The fourth-order valence-corrected chi connectivity index (χ4v) is 2.48. The van der Waals surface area contributed by atoms with Gasteiger partial charge in [-0.15, -0.1) is 0 Å². The molecule has 0 atom stereocenters. The molecule has 0 unspecified atom stereocenters. The van der Waals surface area contributed by atoms with Crippen molar-refractivity contribution in [1.82, 2.24) is 0 Å². The summed E-state index contributed by atoms with van der Waals surface area (Å²) in [4.78, 5) is 16.2. The second-order valence-electron chi connectivity index (χ2n) is 4.31. The van der Waals surface area contributed by atoms with Crippen LogP contribution >= 0.6 is 15.9 Å². The Bertz CT molecular complexity index is 622. The van der Waals surface area contributed by atoms with Gasteiger partial charge in [-0.25, -0.2) is 4.79 Å². The van der Waals surface area contributed by atoms with Crippen LogP contribution in [0.1, 0.15) is 26.3 Å². The number of hydrogen-bond donors (Lipinski definition) is 0. The molecule has 1 aromatic rings. The van der Waals surface area contributed by atoms with E-state index in [4.69, 9.17) is 9.47 Å². The number of carbonyl (C=O) groups is 1. The first-order valence-electron chi connectivity index (χ1n) is 6.64. The lowest BCUT2D eigenvalue weighted by molar-refractivity contribution is -0.136. The van der Waals surface area contributed by atoms with Crippen molar-refractivity contribution < 1.29 is 19.1 Å². The molecule has 0 aromatic heterocycles. The van der Waals surface area contributed by atoms with Crippen LogP contribution in [0.2, 0.25) is 0 Å². The molecule has 0 N–H and O–H groups in total. The molecule has 6 heteroatoms. The maximum atomic E-state index is 11.6. The van der Waals surface area contributed by atoms with Crippen LogP contribution in [-0.2, 0) is 9.63 Å². The Morgan fingerprint density at radius 3 is 2.57 bits per heavy atom. The third kappa shape index (κ3) is 3.44. The van der Waals surface area contributed by atoms with Gasteiger partial charge in [0.05, 0.1) is 29.0 Å². The van der Waals surface area contributed by atoms with Gasteiger partial charge in [0, 0.05) is 0 Å². The van der Waals surface area contributed by atoms with Gasteiger partial charge in [0.15, 0.2) is 11.5 Å². The van der Waals surface area contributed by atoms with E-state index < -0.39 is 5.97 Å². The summed E-state index contributed by atoms with van der Waals surface area (Å²) in [5.41, 5.74) is 1.80. The zero-order valence-corrected chi connectivity index (χ0v) is 13.7. The maximum absolute atomic E-state index is 11.6. The average Bonchev–Trinajstić information content (AvgIpc) is 2.75. The van der Waals surface area contributed by atoms with E-state index in [9.17, 15) is 4.79 Å². The van der Waals surface area contributed by atoms with Crippen molar-refractivity contribution >= 4 is 33.7 Å². The monoisotopic (exact) mass is 353 g/mol. The molecule has 0 amide bonds. The molecule has 5 nitrogen and oxygen atoms in total. The summed E-state index contributed by atoms with van der Waals surface area (Å²) in [6.07, 6.45) is 1.72. The van der Waals surface area contributed by atoms with E-state index in [-0.39, 0.29) is 0 Å². The van der Waals surface area contributed by atoms with Crippen LogP contribution in [0.25, 0.3) is 6.08 Å². The van der Waals surface area contributed by atoms with Crippen LogP contribution in [0.5, 0.6) is 11.5 Å². The van der Waals surface area contributed by atoms with Crippen molar-refractivity contribution in [2.24, 2.45) is 5.16 Å².